The molecule has 0 saturated heterocycles. The highest BCUT2D eigenvalue weighted by Gasteiger charge is 2.14. The van der Waals surface area contributed by atoms with Crippen molar-refractivity contribution in [2.24, 2.45) is 0 Å². The summed E-state index contributed by atoms with van der Waals surface area (Å²) in [7, 11) is 1.69. The van der Waals surface area contributed by atoms with Gasteiger partial charge in [0.2, 0.25) is 0 Å². The summed E-state index contributed by atoms with van der Waals surface area (Å²) < 4.78 is 5.10. The van der Waals surface area contributed by atoms with E-state index in [1.165, 1.54) is 10.4 Å². The second-order valence-corrected chi connectivity index (χ2v) is 8.33. The van der Waals surface area contributed by atoms with Crippen molar-refractivity contribution in [3.8, 4) is 0 Å². The number of ether oxygens (including phenoxy) is 1. The molecule has 1 aromatic carbocycles. The minimum atomic E-state index is -0.0693. The fraction of sp³-hybridized carbons (Fsp3) is 0.364. The van der Waals surface area contributed by atoms with Crippen molar-refractivity contribution < 1.29 is 4.74 Å². The van der Waals surface area contributed by atoms with Gasteiger partial charge in [-0.3, -0.25) is 4.79 Å². The number of thiocarbonyl (C=S) groups is 1. The summed E-state index contributed by atoms with van der Waals surface area (Å²) in [4.78, 5) is 19.0. The average Bonchev–Trinajstić information content (AvgIpc) is 3.24. The number of aromatic nitrogens is 1. The third-order valence-electron chi connectivity index (χ3n) is 4.77. The van der Waals surface area contributed by atoms with Gasteiger partial charge in [-0.2, -0.15) is 0 Å². The Hall–Kier alpha value is -2.22. The molecule has 29 heavy (non-hydrogen) atoms. The first-order valence-corrected chi connectivity index (χ1v) is 11.1. The SMILES string of the molecule is CCc1ccc2[nH]c(=O)c(CN(Cc3cccs3)C(=S)NCCCOC)cc2c1. The first-order chi connectivity index (χ1) is 14.1. The number of fused-ring (bicyclic) bond motifs is 1. The van der Waals surface area contributed by atoms with E-state index in [2.05, 4.69) is 40.8 Å². The third-order valence-corrected chi connectivity index (χ3v) is 6.03. The maximum absolute atomic E-state index is 12.7. The van der Waals surface area contributed by atoms with Gasteiger partial charge in [-0.05, 0) is 65.7 Å². The predicted molar refractivity (Wildman–Crippen MR) is 125 cm³/mol. The lowest BCUT2D eigenvalue weighted by atomic mass is 10.1. The normalized spacial score (nSPS) is 11.0. The highest BCUT2D eigenvalue weighted by atomic mass is 32.1. The van der Waals surface area contributed by atoms with E-state index in [9.17, 15) is 4.79 Å². The Balaban J connectivity index is 1.82. The molecule has 0 aliphatic carbocycles. The fourth-order valence-electron chi connectivity index (χ4n) is 3.16. The van der Waals surface area contributed by atoms with Crippen molar-refractivity contribution in [3.63, 3.8) is 0 Å². The van der Waals surface area contributed by atoms with Gasteiger partial charge in [-0.25, -0.2) is 0 Å². The lowest BCUT2D eigenvalue weighted by Gasteiger charge is -2.25. The maximum atomic E-state index is 12.7. The summed E-state index contributed by atoms with van der Waals surface area (Å²) in [5, 5.41) is 7.05. The summed E-state index contributed by atoms with van der Waals surface area (Å²) in [5.41, 5.74) is 2.76. The Morgan fingerprint density at radius 3 is 2.86 bits per heavy atom. The molecule has 7 heteroatoms. The molecule has 0 unspecified atom stereocenters. The number of H-pyrrole nitrogens is 1. The number of pyridine rings is 1. The van der Waals surface area contributed by atoms with Gasteiger partial charge in [0.15, 0.2) is 5.11 Å². The van der Waals surface area contributed by atoms with E-state index < -0.39 is 0 Å². The Labute approximate surface area is 180 Å². The van der Waals surface area contributed by atoms with E-state index in [1.54, 1.807) is 18.4 Å². The molecule has 2 N–H and O–H groups in total. The van der Waals surface area contributed by atoms with E-state index >= 15 is 0 Å². The molecule has 0 spiro atoms. The quantitative estimate of drug-likeness (QED) is 0.397. The van der Waals surface area contributed by atoms with Crippen LogP contribution in [0.15, 0.2) is 46.6 Å². The van der Waals surface area contributed by atoms with Gasteiger partial charge in [0.25, 0.3) is 5.56 Å². The number of thiophene rings is 1. The number of aryl methyl sites for hydroxylation is 1. The van der Waals surface area contributed by atoms with Crippen LogP contribution in [-0.2, 0) is 24.2 Å². The molecule has 3 aromatic rings. The molecule has 0 atom stereocenters. The smallest absolute Gasteiger partial charge is 0.253 e. The van der Waals surface area contributed by atoms with Crippen molar-refractivity contribution in [3.05, 3.63) is 68.1 Å². The first kappa shape index (κ1) is 21.5. The number of benzene rings is 1. The summed E-state index contributed by atoms with van der Waals surface area (Å²) in [6, 6.07) is 12.3. The molecule has 0 fully saturated rings. The van der Waals surface area contributed by atoms with Crippen LogP contribution in [0, 0.1) is 0 Å². The van der Waals surface area contributed by atoms with Crippen LogP contribution >= 0.6 is 23.6 Å². The largest absolute Gasteiger partial charge is 0.385 e. The van der Waals surface area contributed by atoms with Gasteiger partial charge >= 0.3 is 0 Å². The van der Waals surface area contributed by atoms with Crippen LogP contribution in [0.1, 0.15) is 29.3 Å². The number of hydrogen-bond acceptors (Lipinski definition) is 4. The molecule has 0 saturated carbocycles. The summed E-state index contributed by atoms with van der Waals surface area (Å²) in [6.45, 7) is 4.67. The lowest BCUT2D eigenvalue weighted by Crippen LogP contribution is -2.40. The second kappa shape index (κ2) is 10.5. The summed E-state index contributed by atoms with van der Waals surface area (Å²) in [5.74, 6) is 0. The van der Waals surface area contributed by atoms with Crippen molar-refractivity contribution in [1.82, 2.24) is 15.2 Å². The van der Waals surface area contributed by atoms with Crippen LogP contribution < -0.4 is 10.9 Å². The minimum absolute atomic E-state index is 0.0693. The highest BCUT2D eigenvalue weighted by Crippen LogP contribution is 2.17. The molecular formula is C22H27N3O2S2. The van der Waals surface area contributed by atoms with E-state index in [0.29, 0.717) is 30.4 Å². The van der Waals surface area contributed by atoms with Crippen LogP contribution in [-0.4, -0.2) is 35.3 Å². The molecule has 5 nitrogen and oxygen atoms in total. The zero-order valence-corrected chi connectivity index (χ0v) is 18.5. The predicted octanol–water partition coefficient (Wildman–Crippen LogP) is 4.07. The molecular weight excluding hydrogens is 402 g/mol. The van der Waals surface area contributed by atoms with Gasteiger partial charge in [0, 0.05) is 36.2 Å². The second-order valence-electron chi connectivity index (χ2n) is 6.91. The molecule has 0 bridgehead atoms. The Morgan fingerprint density at radius 1 is 1.28 bits per heavy atom. The first-order valence-electron chi connectivity index (χ1n) is 9.79. The van der Waals surface area contributed by atoms with Gasteiger partial charge in [0.1, 0.15) is 0 Å². The Kier molecular flexibility index (Phi) is 7.80. The van der Waals surface area contributed by atoms with E-state index in [1.807, 2.05) is 23.1 Å². The van der Waals surface area contributed by atoms with Crippen molar-refractivity contribution in [1.29, 1.82) is 0 Å². The lowest BCUT2D eigenvalue weighted by molar-refractivity contribution is 0.195. The molecule has 3 rings (SSSR count). The zero-order chi connectivity index (χ0) is 20.6. The number of nitrogens with one attached hydrogen (secondary N) is 2. The Bertz CT molecular complexity index is 999. The van der Waals surface area contributed by atoms with Crippen LogP contribution in [0.3, 0.4) is 0 Å². The topological polar surface area (TPSA) is 57.4 Å². The van der Waals surface area contributed by atoms with E-state index in [4.69, 9.17) is 17.0 Å². The summed E-state index contributed by atoms with van der Waals surface area (Å²) in [6.07, 6.45) is 1.84. The number of rotatable bonds is 9. The third kappa shape index (κ3) is 5.88. The molecule has 2 aromatic heterocycles. The maximum Gasteiger partial charge on any atom is 0.253 e. The Morgan fingerprint density at radius 2 is 2.14 bits per heavy atom. The van der Waals surface area contributed by atoms with Gasteiger partial charge in [-0.1, -0.05) is 19.1 Å². The van der Waals surface area contributed by atoms with E-state index in [0.717, 1.165) is 30.3 Å². The highest BCUT2D eigenvalue weighted by molar-refractivity contribution is 7.80. The van der Waals surface area contributed by atoms with Crippen LogP contribution in [0.4, 0.5) is 0 Å². The van der Waals surface area contributed by atoms with E-state index in [-0.39, 0.29) is 5.56 Å². The number of nitrogens with zero attached hydrogens (tertiary/aromatic N) is 1. The molecule has 0 aliphatic heterocycles. The zero-order valence-electron chi connectivity index (χ0n) is 16.9. The standard InChI is InChI=1S/C22H27N3O2S2/c1-3-16-7-8-20-17(12-16)13-18(21(26)24-20)14-25(15-19-6-4-11-29-19)22(28)23-9-5-10-27-2/h4,6-8,11-13H,3,5,9-10,14-15H2,1-2H3,(H,23,28)(H,24,26). The molecule has 0 amide bonds. The van der Waals surface area contributed by atoms with Crippen molar-refractivity contribution in [2.45, 2.75) is 32.9 Å². The van der Waals surface area contributed by atoms with Gasteiger partial charge in [0.05, 0.1) is 13.1 Å². The van der Waals surface area contributed by atoms with Crippen LogP contribution in [0.5, 0.6) is 0 Å². The minimum Gasteiger partial charge on any atom is -0.385 e. The monoisotopic (exact) mass is 429 g/mol. The molecule has 0 aliphatic rings. The average molecular weight is 430 g/mol. The van der Waals surface area contributed by atoms with Gasteiger partial charge < -0.3 is 19.9 Å². The number of methoxy groups -OCH3 is 1. The fourth-order valence-corrected chi connectivity index (χ4v) is 4.11. The number of aromatic amines is 1. The van der Waals surface area contributed by atoms with Crippen molar-refractivity contribution >= 4 is 39.6 Å². The van der Waals surface area contributed by atoms with Gasteiger partial charge in [-0.15, -0.1) is 11.3 Å². The van der Waals surface area contributed by atoms with Crippen molar-refractivity contribution in [2.75, 3.05) is 20.3 Å². The number of hydrogen-bond donors (Lipinski definition) is 2. The van der Waals surface area contributed by atoms with Crippen LogP contribution in [0.25, 0.3) is 10.9 Å². The van der Waals surface area contributed by atoms with Crippen LogP contribution in [0.2, 0.25) is 0 Å². The molecule has 154 valence electrons. The molecule has 0 radical (unpaired) electrons. The molecule has 2 heterocycles. The summed E-state index contributed by atoms with van der Waals surface area (Å²) >= 11 is 7.33.